The van der Waals surface area contributed by atoms with E-state index in [4.69, 9.17) is 0 Å². The molecule has 2 amide bonds. The zero-order chi connectivity index (χ0) is 26.3. The van der Waals surface area contributed by atoms with E-state index < -0.39 is 5.92 Å². The highest BCUT2D eigenvalue weighted by Gasteiger charge is 2.36. The van der Waals surface area contributed by atoms with Crippen molar-refractivity contribution in [3.63, 3.8) is 0 Å². The van der Waals surface area contributed by atoms with Crippen LogP contribution in [-0.4, -0.2) is 82.3 Å². The largest absolute Gasteiger partial charge is 0.337 e. The van der Waals surface area contributed by atoms with Gasteiger partial charge in [-0.2, -0.15) is 0 Å². The van der Waals surface area contributed by atoms with Crippen LogP contribution >= 0.6 is 0 Å². The Morgan fingerprint density at radius 2 is 1.43 bits per heavy atom. The van der Waals surface area contributed by atoms with Gasteiger partial charge in [0.2, 0.25) is 0 Å². The third kappa shape index (κ3) is 5.12. The van der Waals surface area contributed by atoms with E-state index in [0.717, 1.165) is 35.2 Å². The summed E-state index contributed by atoms with van der Waals surface area (Å²) in [6.45, 7) is 9.44. The van der Waals surface area contributed by atoms with Crippen LogP contribution in [-0.2, 0) is 0 Å². The summed E-state index contributed by atoms with van der Waals surface area (Å²) in [6, 6.07) is 15.6. The zero-order valence-electron chi connectivity index (χ0n) is 21.7. The first kappa shape index (κ1) is 25.4. The van der Waals surface area contributed by atoms with E-state index in [9.17, 15) is 18.4 Å². The lowest BCUT2D eigenvalue weighted by Gasteiger charge is -2.37. The van der Waals surface area contributed by atoms with Crippen LogP contribution in [0.25, 0.3) is 16.6 Å². The van der Waals surface area contributed by atoms with Gasteiger partial charge in [-0.1, -0.05) is 17.7 Å². The number of fused-ring (bicyclic) bond motifs is 1. The molecule has 2 aromatic carbocycles. The van der Waals surface area contributed by atoms with Crippen LogP contribution in [0, 0.1) is 6.92 Å². The van der Waals surface area contributed by atoms with Crippen LogP contribution in [0.5, 0.6) is 0 Å². The number of alkyl halides is 2. The van der Waals surface area contributed by atoms with E-state index in [1.807, 2.05) is 58.9 Å². The molecule has 3 heterocycles. The van der Waals surface area contributed by atoms with Crippen LogP contribution < -0.4 is 0 Å². The summed E-state index contributed by atoms with van der Waals surface area (Å²) in [7, 11) is 0. The first-order valence-electron chi connectivity index (χ1n) is 13.1. The minimum absolute atomic E-state index is 0.0143. The van der Waals surface area contributed by atoms with Crippen molar-refractivity contribution in [2.24, 2.45) is 0 Å². The molecule has 0 radical (unpaired) electrons. The average Bonchev–Trinajstić information content (AvgIpc) is 3.27. The van der Waals surface area contributed by atoms with E-state index in [1.54, 1.807) is 6.07 Å². The number of benzene rings is 2. The molecule has 0 aliphatic carbocycles. The molecule has 6 nitrogen and oxygen atoms in total. The van der Waals surface area contributed by atoms with E-state index in [0.29, 0.717) is 30.4 Å². The number of hydrogen-bond donors (Lipinski definition) is 0. The summed E-state index contributed by atoms with van der Waals surface area (Å²) in [4.78, 5) is 32.6. The zero-order valence-corrected chi connectivity index (χ0v) is 21.7. The summed E-state index contributed by atoms with van der Waals surface area (Å²) < 4.78 is 29.4. The second-order valence-electron chi connectivity index (χ2n) is 10.5. The van der Waals surface area contributed by atoms with Crippen molar-refractivity contribution in [2.75, 3.05) is 39.3 Å². The number of halogens is 2. The SMILES string of the molecule is Cc1ccc(-n2c(C(=O)N3CCC(F)(F)CC3)cc3cc(C(=O)N4CCN(C(C)C)CC4)ccc32)cc1. The van der Waals surface area contributed by atoms with Crippen LogP contribution in [0.2, 0.25) is 0 Å². The summed E-state index contributed by atoms with van der Waals surface area (Å²) in [5.74, 6) is -3.01. The maximum absolute atomic E-state index is 13.7. The minimum atomic E-state index is -2.73. The molecule has 37 heavy (non-hydrogen) atoms. The molecule has 2 saturated heterocycles. The van der Waals surface area contributed by atoms with Crippen LogP contribution in [0.15, 0.2) is 48.5 Å². The quantitative estimate of drug-likeness (QED) is 0.500. The van der Waals surface area contributed by atoms with Gasteiger partial charge in [-0.25, -0.2) is 8.78 Å². The molecule has 2 aliphatic rings. The lowest BCUT2D eigenvalue weighted by atomic mass is 10.1. The predicted molar refractivity (Wildman–Crippen MR) is 141 cm³/mol. The summed E-state index contributed by atoms with van der Waals surface area (Å²) in [6.07, 6.45) is -0.654. The molecule has 0 bridgehead atoms. The highest BCUT2D eigenvalue weighted by atomic mass is 19.3. The highest BCUT2D eigenvalue weighted by molar-refractivity contribution is 6.03. The molecule has 0 N–H and O–H groups in total. The second-order valence-corrected chi connectivity index (χ2v) is 10.5. The molecule has 0 saturated carbocycles. The fourth-order valence-electron chi connectivity index (χ4n) is 5.30. The predicted octanol–water partition coefficient (Wildman–Crippen LogP) is 4.98. The Balaban J connectivity index is 1.49. The van der Waals surface area contributed by atoms with Gasteiger partial charge >= 0.3 is 0 Å². The first-order valence-corrected chi connectivity index (χ1v) is 13.1. The fraction of sp³-hybridized carbons (Fsp3) is 0.448. The van der Waals surface area contributed by atoms with E-state index in [2.05, 4.69) is 18.7 Å². The van der Waals surface area contributed by atoms with Crippen molar-refractivity contribution >= 4 is 22.7 Å². The van der Waals surface area contributed by atoms with Crippen molar-refractivity contribution < 1.29 is 18.4 Å². The Labute approximate surface area is 216 Å². The van der Waals surface area contributed by atoms with Crippen molar-refractivity contribution in [2.45, 2.75) is 45.6 Å². The summed E-state index contributed by atoms with van der Waals surface area (Å²) in [5.41, 5.74) is 3.71. The van der Waals surface area contributed by atoms with Crippen LogP contribution in [0.1, 0.15) is 53.1 Å². The number of carbonyl (C=O) groups excluding carboxylic acids is 2. The second kappa shape index (κ2) is 9.89. The molecular weight excluding hydrogens is 474 g/mol. The number of hydrogen-bond acceptors (Lipinski definition) is 3. The average molecular weight is 509 g/mol. The molecule has 0 unspecified atom stereocenters. The van der Waals surface area contributed by atoms with E-state index >= 15 is 0 Å². The van der Waals surface area contributed by atoms with Gasteiger partial charge in [0, 0.05) is 74.8 Å². The minimum Gasteiger partial charge on any atom is -0.337 e. The number of piperidine rings is 1. The lowest BCUT2D eigenvalue weighted by Crippen LogP contribution is -2.50. The van der Waals surface area contributed by atoms with Gasteiger partial charge in [0.1, 0.15) is 5.69 Å². The van der Waals surface area contributed by atoms with Crippen LogP contribution in [0.3, 0.4) is 0 Å². The molecule has 2 fully saturated rings. The van der Waals surface area contributed by atoms with Crippen molar-refractivity contribution in [1.29, 1.82) is 0 Å². The molecule has 0 spiro atoms. The first-order chi connectivity index (χ1) is 17.6. The standard InChI is InChI=1S/C29H34F2N4O2/c1-20(2)32-14-16-34(17-15-32)27(36)22-6-9-25-23(18-22)19-26(35(25)24-7-4-21(3)5-8-24)28(37)33-12-10-29(30,31)11-13-33/h4-9,18-20H,10-17H2,1-3H3. The molecule has 8 heteroatoms. The maximum Gasteiger partial charge on any atom is 0.270 e. The molecule has 5 rings (SSSR count). The van der Waals surface area contributed by atoms with Crippen molar-refractivity contribution in [1.82, 2.24) is 19.3 Å². The Morgan fingerprint density at radius 3 is 2.05 bits per heavy atom. The smallest absolute Gasteiger partial charge is 0.270 e. The van der Waals surface area contributed by atoms with Gasteiger partial charge in [0.15, 0.2) is 0 Å². The molecule has 196 valence electrons. The van der Waals surface area contributed by atoms with Gasteiger partial charge in [0.05, 0.1) is 5.52 Å². The Bertz CT molecular complexity index is 1300. The molecule has 1 aromatic heterocycles. The molecular formula is C29H34F2N4O2. The number of aromatic nitrogens is 1. The van der Waals surface area contributed by atoms with Crippen LogP contribution in [0.4, 0.5) is 8.78 Å². The van der Waals surface area contributed by atoms with Gasteiger partial charge in [-0.15, -0.1) is 0 Å². The summed E-state index contributed by atoms with van der Waals surface area (Å²) in [5, 5.41) is 0.776. The molecule has 0 atom stereocenters. The number of rotatable bonds is 4. The molecule has 3 aromatic rings. The molecule has 2 aliphatic heterocycles. The number of piperazine rings is 1. The van der Waals surface area contributed by atoms with E-state index in [-0.39, 0.29) is 37.7 Å². The number of carbonyl (C=O) groups is 2. The van der Waals surface area contributed by atoms with Gasteiger partial charge in [-0.05, 0) is 57.2 Å². The Hall–Kier alpha value is -3.26. The van der Waals surface area contributed by atoms with Crippen molar-refractivity contribution in [3.05, 3.63) is 65.4 Å². The Morgan fingerprint density at radius 1 is 0.811 bits per heavy atom. The van der Waals surface area contributed by atoms with Gasteiger partial charge in [-0.3, -0.25) is 14.5 Å². The normalized spacial score (nSPS) is 18.5. The highest BCUT2D eigenvalue weighted by Crippen LogP contribution is 2.31. The maximum atomic E-state index is 13.7. The van der Waals surface area contributed by atoms with Crippen molar-refractivity contribution in [3.8, 4) is 5.69 Å². The number of nitrogens with zero attached hydrogens (tertiary/aromatic N) is 4. The third-order valence-corrected chi connectivity index (χ3v) is 7.67. The topological polar surface area (TPSA) is 48.8 Å². The van der Waals surface area contributed by atoms with Gasteiger partial charge in [0.25, 0.3) is 17.7 Å². The lowest BCUT2D eigenvalue weighted by molar-refractivity contribution is -0.0495. The third-order valence-electron chi connectivity index (χ3n) is 7.67. The fourth-order valence-corrected chi connectivity index (χ4v) is 5.30. The monoisotopic (exact) mass is 508 g/mol. The number of amides is 2. The number of likely N-dealkylation sites (tertiary alicyclic amines) is 1. The number of aryl methyl sites for hydroxylation is 1. The van der Waals surface area contributed by atoms with Gasteiger partial charge < -0.3 is 14.4 Å². The van der Waals surface area contributed by atoms with E-state index in [1.165, 1.54) is 4.90 Å². The summed E-state index contributed by atoms with van der Waals surface area (Å²) >= 11 is 0. The Kier molecular flexibility index (Phi) is 6.79.